The Kier molecular flexibility index (Phi) is 6.99. The minimum absolute atomic E-state index is 0.603. The Morgan fingerprint density at radius 3 is 2.19 bits per heavy atom. The largest absolute Gasteiger partial charge is 0.216 e. The van der Waals surface area contributed by atoms with Crippen LogP contribution in [0.3, 0.4) is 0 Å². The summed E-state index contributed by atoms with van der Waals surface area (Å²) in [5.41, 5.74) is 2.33. The highest BCUT2D eigenvalue weighted by Gasteiger charge is 2.20. The molecule has 0 aliphatic heterocycles. The molecule has 0 saturated heterocycles. The van der Waals surface area contributed by atoms with Gasteiger partial charge < -0.3 is 0 Å². The molecule has 1 saturated carbocycles. The van der Waals surface area contributed by atoms with Crippen molar-refractivity contribution in [2.75, 3.05) is 0 Å². The molecule has 0 atom stereocenters. The van der Waals surface area contributed by atoms with Gasteiger partial charge in [0.05, 0.1) is 6.33 Å². The van der Waals surface area contributed by atoms with E-state index in [1.54, 1.807) is 0 Å². The smallest absolute Gasteiger partial charge is 0.0872 e. The molecule has 1 aromatic rings. The molecule has 0 aromatic heterocycles. The Balaban J connectivity index is 1.69. The molecule has 1 heteroatoms. The van der Waals surface area contributed by atoms with E-state index >= 15 is 0 Å². The van der Waals surface area contributed by atoms with Crippen molar-refractivity contribution < 1.29 is 4.39 Å². The fourth-order valence-electron chi connectivity index (χ4n) is 3.54. The van der Waals surface area contributed by atoms with Gasteiger partial charge in [0, 0.05) is 0 Å². The van der Waals surface area contributed by atoms with Crippen LogP contribution in [0, 0.1) is 11.8 Å². The number of hydrogen-bond acceptors (Lipinski definition) is 0. The van der Waals surface area contributed by atoms with E-state index in [1.165, 1.54) is 69.4 Å². The normalized spacial score (nSPS) is 22.8. The summed E-state index contributed by atoms with van der Waals surface area (Å²) in [6, 6.07) is 8.30. The third-order valence-electron chi connectivity index (χ3n) is 5.01. The molecule has 0 N–H and O–H groups in total. The number of hydrogen-bond donors (Lipinski definition) is 0. The van der Waals surface area contributed by atoms with Crippen molar-refractivity contribution in [3.63, 3.8) is 0 Å². The molecular weight excluding hydrogens is 259 g/mol. The second kappa shape index (κ2) is 9.02. The zero-order chi connectivity index (χ0) is 14.9. The second-order valence-corrected chi connectivity index (χ2v) is 6.60. The Bertz CT molecular complexity index is 410. The molecule has 0 amide bonds. The molecule has 1 aliphatic rings. The first-order valence-electron chi connectivity index (χ1n) is 8.67. The van der Waals surface area contributed by atoms with E-state index in [4.69, 9.17) is 0 Å². The highest BCUT2D eigenvalue weighted by Crippen LogP contribution is 2.34. The average molecular weight is 288 g/mol. The topological polar surface area (TPSA) is 0 Å². The quantitative estimate of drug-likeness (QED) is 0.533. The molecule has 0 radical (unpaired) electrons. The van der Waals surface area contributed by atoms with Crippen molar-refractivity contribution in [1.82, 2.24) is 0 Å². The molecule has 0 nitrogen and oxygen atoms in total. The first kappa shape index (κ1) is 16.3. The number of rotatable bonds is 7. The summed E-state index contributed by atoms with van der Waals surface area (Å²) < 4.78 is 12.1. The zero-order valence-electron chi connectivity index (χ0n) is 13.4. The van der Waals surface area contributed by atoms with Crippen LogP contribution in [0.25, 0.3) is 6.08 Å². The van der Waals surface area contributed by atoms with Crippen LogP contribution in [0.5, 0.6) is 0 Å². The van der Waals surface area contributed by atoms with E-state index in [1.807, 2.05) is 12.1 Å². The van der Waals surface area contributed by atoms with E-state index < -0.39 is 0 Å². The minimum atomic E-state index is 0.603. The molecule has 1 aliphatic carbocycles. The number of unbranched alkanes of at least 4 members (excludes halogenated alkanes) is 1. The van der Waals surface area contributed by atoms with Gasteiger partial charge in [-0.2, -0.15) is 0 Å². The molecular formula is C20H29F. The maximum atomic E-state index is 12.1. The van der Waals surface area contributed by atoms with Gasteiger partial charge in [0.25, 0.3) is 0 Å². The number of benzene rings is 1. The minimum Gasteiger partial charge on any atom is -0.216 e. The van der Waals surface area contributed by atoms with E-state index in [-0.39, 0.29) is 0 Å². The highest BCUT2D eigenvalue weighted by atomic mass is 19.1. The van der Waals surface area contributed by atoms with E-state index in [0.29, 0.717) is 6.33 Å². The monoisotopic (exact) mass is 288 g/mol. The van der Waals surface area contributed by atoms with Gasteiger partial charge in [0.15, 0.2) is 0 Å². The van der Waals surface area contributed by atoms with Gasteiger partial charge in [-0.25, -0.2) is 4.39 Å². The highest BCUT2D eigenvalue weighted by molar-refractivity contribution is 5.48. The van der Waals surface area contributed by atoms with Gasteiger partial charge in [0.2, 0.25) is 0 Å². The summed E-state index contributed by atoms with van der Waals surface area (Å²) in [4.78, 5) is 0. The van der Waals surface area contributed by atoms with Crippen LogP contribution in [-0.4, -0.2) is 0 Å². The first-order valence-corrected chi connectivity index (χ1v) is 8.67. The summed E-state index contributed by atoms with van der Waals surface area (Å²) >= 11 is 0. The van der Waals surface area contributed by atoms with Crippen LogP contribution < -0.4 is 0 Å². The molecule has 21 heavy (non-hydrogen) atoms. The lowest BCUT2D eigenvalue weighted by Crippen LogP contribution is -2.15. The van der Waals surface area contributed by atoms with Gasteiger partial charge in [-0.3, -0.25) is 0 Å². The summed E-state index contributed by atoms with van der Waals surface area (Å²) in [5.74, 6) is 1.93. The molecule has 1 fully saturated rings. The fourth-order valence-corrected chi connectivity index (χ4v) is 3.54. The molecule has 0 spiro atoms. The maximum Gasteiger partial charge on any atom is 0.0872 e. The van der Waals surface area contributed by atoms with Crippen molar-refractivity contribution in [2.24, 2.45) is 11.8 Å². The molecule has 0 heterocycles. The molecule has 2 rings (SSSR count). The third kappa shape index (κ3) is 5.65. The number of halogens is 1. The third-order valence-corrected chi connectivity index (χ3v) is 5.01. The van der Waals surface area contributed by atoms with Crippen LogP contribution in [0.2, 0.25) is 0 Å². The zero-order valence-corrected chi connectivity index (χ0v) is 13.4. The van der Waals surface area contributed by atoms with Crippen LogP contribution >= 0.6 is 0 Å². The van der Waals surface area contributed by atoms with E-state index in [0.717, 1.165) is 17.4 Å². The van der Waals surface area contributed by atoms with Crippen molar-refractivity contribution in [3.8, 4) is 0 Å². The van der Waals surface area contributed by atoms with Crippen LogP contribution in [0.4, 0.5) is 4.39 Å². The van der Waals surface area contributed by atoms with Crippen molar-refractivity contribution >= 4 is 6.08 Å². The Morgan fingerprint density at radius 1 is 1.00 bits per heavy atom. The average Bonchev–Trinajstić information content (AvgIpc) is 2.53. The van der Waals surface area contributed by atoms with E-state index in [2.05, 4.69) is 19.1 Å². The van der Waals surface area contributed by atoms with Crippen molar-refractivity contribution in [2.45, 2.75) is 64.7 Å². The Morgan fingerprint density at radius 2 is 1.62 bits per heavy atom. The standard InChI is InChI=1S/C20H29F/c1-2-3-4-17-5-7-18(8-6-17)9-10-19-11-13-20(14-12-19)15-16-21/h11-18H,2-10H2,1H3/b16-15+. The summed E-state index contributed by atoms with van der Waals surface area (Å²) in [5, 5.41) is 0. The van der Waals surface area contributed by atoms with Gasteiger partial charge in [0.1, 0.15) is 0 Å². The van der Waals surface area contributed by atoms with Gasteiger partial charge in [-0.15, -0.1) is 0 Å². The molecule has 0 bridgehead atoms. The maximum absolute atomic E-state index is 12.1. The van der Waals surface area contributed by atoms with Crippen molar-refractivity contribution in [1.29, 1.82) is 0 Å². The Hall–Kier alpha value is -1.11. The summed E-state index contributed by atoms with van der Waals surface area (Å²) in [6.07, 6.45) is 14.6. The van der Waals surface area contributed by atoms with E-state index in [9.17, 15) is 4.39 Å². The van der Waals surface area contributed by atoms with Gasteiger partial charge >= 0.3 is 0 Å². The van der Waals surface area contributed by atoms with Crippen LogP contribution in [0.15, 0.2) is 30.6 Å². The van der Waals surface area contributed by atoms with Crippen LogP contribution in [-0.2, 0) is 6.42 Å². The summed E-state index contributed by atoms with van der Waals surface area (Å²) in [7, 11) is 0. The second-order valence-electron chi connectivity index (χ2n) is 6.60. The Labute approximate surface area is 129 Å². The van der Waals surface area contributed by atoms with Gasteiger partial charge in [-0.1, -0.05) is 76.1 Å². The number of aryl methyl sites for hydroxylation is 1. The van der Waals surface area contributed by atoms with Crippen molar-refractivity contribution in [3.05, 3.63) is 41.7 Å². The molecule has 116 valence electrons. The van der Waals surface area contributed by atoms with Crippen LogP contribution in [0.1, 0.15) is 69.4 Å². The lowest BCUT2D eigenvalue weighted by Gasteiger charge is -2.28. The predicted octanol–water partition coefficient (Wildman–Crippen LogP) is 6.56. The van der Waals surface area contributed by atoms with Gasteiger partial charge in [-0.05, 0) is 41.9 Å². The SMILES string of the molecule is CCCCC1CCC(CCc2ccc(/C=C/F)cc2)CC1. The molecule has 1 aromatic carbocycles. The first-order chi connectivity index (χ1) is 10.3. The lowest BCUT2D eigenvalue weighted by molar-refractivity contribution is 0.250. The molecule has 0 unspecified atom stereocenters. The fraction of sp³-hybridized carbons (Fsp3) is 0.600. The predicted molar refractivity (Wildman–Crippen MR) is 89.9 cm³/mol. The lowest BCUT2D eigenvalue weighted by atomic mass is 9.78. The summed E-state index contributed by atoms with van der Waals surface area (Å²) in [6.45, 7) is 2.29.